The molecule has 7 heteroatoms. The third-order valence-electron chi connectivity index (χ3n) is 2.43. The Morgan fingerprint density at radius 1 is 1.41 bits per heavy atom. The van der Waals surface area contributed by atoms with Crippen LogP contribution in [0.5, 0.6) is 0 Å². The molecule has 0 spiro atoms. The van der Waals surface area contributed by atoms with Crippen molar-refractivity contribution in [2.75, 3.05) is 7.05 Å². The molecule has 1 amide bonds. The van der Waals surface area contributed by atoms with Crippen molar-refractivity contribution in [2.45, 2.75) is 20.4 Å². The van der Waals surface area contributed by atoms with Crippen molar-refractivity contribution in [3.63, 3.8) is 0 Å². The van der Waals surface area contributed by atoms with E-state index < -0.39 is 0 Å². The Balaban J connectivity index is 2.08. The van der Waals surface area contributed by atoms with Gasteiger partial charge in [-0.15, -0.1) is 0 Å². The molecule has 0 aromatic carbocycles. The van der Waals surface area contributed by atoms with Gasteiger partial charge in [0.2, 0.25) is 0 Å². The second kappa shape index (κ2) is 4.36. The Kier molecular flexibility index (Phi) is 2.90. The lowest BCUT2D eigenvalue weighted by molar-refractivity contribution is 0.0781. The number of carbonyl (C=O) groups excluding carboxylic acids is 1. The summed E-state index contributed by atoms with van der Waals surface area (Å²) in [6, 6.07) is 0. The summed E-state index contributed by atoms with van der Waals surface area (Å²) in [7, 11) is 1.71. The van der Waals surface area contributed by atoms with E-state index in [9.17, 15) is 4.79 Å². The molecular weight excluding hydrogens is 220 g/mol. The normalized spacial score (nSPS) is 10.5. The van der Waals surface area contributed by atoms with Crippen molar-refractivity contribution in [2.24, 2.45) is 0 Å². The molecule has 0 bridgehead atoms. The molecule has 0 saturated carbocycles. The largest absolute Gasteiger partial charge is 0.334 e. The van der Waals surface area contributed by atoms with Gasteiger partial charge in [-0.1, -0.05) is 0 Å². The van der Waals surface area contributed by atoms with Crippen molar-refractivity contribution in [3.8, 4) is 0 Å². The molecule has 90 valence electrons. The summed E-state index contributed by atoms with van der Waals surface area (Å²) >= 11 is 0. The topological polar surface area (TPSA) is 90.6 Å². The van der Waals surface area contributed by atoms with Gasteiger partial charge in [-0.05, 0) is 13.8 Å². The number of aromatic amines is 2. The molecule has 0 aliphatic heterocycles. The minimum Gasteiger partial charge on any atom is -0.334 e. The molecule has 0 saturated heterocycles. The minimum absolute atomic E-state index is 0.0984. The highest BCUT2D eigenvalue weighted by Gasteiger charge is 2.17. The van der Waals surface area contributed by atoms with Crippen LogP contribution in [-0.2, 0) is 6.54 Å². The lowest BCUT2D eigenvalue weighted by atomic mass is 10.2. The van der Waals surface area contributed by atoms with Crippen LogP contribution in [0, 0.1) is 13.8 Å². The average molecular weight is 234 g/mol. The smallest absolute Gasteiger partial charge is 0.257 e. The number of rotatable bonds is 3. The van der Waals surface area contributed by atoms with Crippen molar-refractivity contribution in [1.82, 2.24) is 30.3 Å². The number of nitrogens with one attached hydrogen (secondary N) is 2. The fourth-order valence-corrected chi connectivity index (χ4v) is 1.52. The fraction of sp³-hybridized carbons (Fsp3) is 0.400. The Morgan fingerprint density at radius 3 is 2.71 bits per heavy atom. The van der Waals surface area contributed by atoms with E-state index in [1.165, 1.54) is 6.20 Å². The molecule has 0 atom stereocenters. The summed E-state index contributed by atoms with van der Waals surface area (Å²) in [6.07, 6.45) is 1.53. The first kappa shape index (κ1) is 11.3. The first-order valence-corrected chi connectivity index (χ1v) is 5.21. The van der Waals surface area contributed by atoms with Crippen LogP contribution in [0.4, 0.5) is 0 Å². The van der Waals surface area contributed by atoms with E-state index in [1.54, 1.807) is 11.9 Å². The van der Waals surface area contributed by atoms with E-state index in [0.717, 1.165) is 11.5 Å². The van der Waals surface area contributed by atoms with Crippen molar-refractivity contribution < 1.29 is 4.79 Å². The maximum absolute atomic E-state index is 12.0. The molecule has 2 rings (SSSR count). The number of hydrogen-bond donors (Lipinski definition) is 2. The van der Waals surface area contributed by atoms with Crippen LogP contribution in [-0.4, -0.2) is 43.2 Å². The highest BCUT2D eigenvalue weighted by molar-refractivity contribution is 5.94. The Morgan fingerprint density at radius 2 is 2.18 bits per heavy atom. The minimum atomic E-state index is -0.0984. The van der Waals surface area contributed by atoms with Gasteiger partial charge in [0.1, 0.15) is 5.82 Å². The van der Waals surface area contributed by atoms with Gasteiger partial charge in [0.15, 0.2) is 5.82 Å². The molecule has 0 aliphatic rings. The van der Waals surface area contributed by atoms with E-state index in [4.69, 9.17) is 0 Å². The van der Waals surface area contributed by atoms with E-state index in [-0.39, 0.29) is 5.91 Å². The molecule has 2 heterocycles. The number of aromatic nitrogens is 5. The van der Waals surface area contributed by atoms with Gasteiger partial charge in [0, 0.05) is 12.7 Å². The van der Waals surface area contributed by atoms with Crippen LogP contribution in [0.1, 0.15) is 27.7 Å². The number of H-pyrrole nitrogens is 2. The number of nitrogens with zero attached hydrogens (tertiary/aromatic N) is 4. The molecule has 0 unspecified atom stereocenters. The van der Waals surface area contributed by atoms with E-state index in [1.807, 2.05) is 13.8 Å². The zero-order valence-corrected chi connectivity index (χ0v) is 9.98. The quantitative estimate of drug-likeness (QED) is 0.805. The van der Waals surface area contributed by atoms with Gasteiger partial charge in [0.05, 0.1) is 18.3 Å². The summed E-state index contributed by atoms with van der Waals surface area (Å²) in [4.78, 5) is 17.7. The molecule has 0 fully saturated rings. The van der Waals surface area contributed by atoms with Gasteiger partial charge in [-0.2, -0.15) is 10.2 Å². The monoisotopic (exact) mass is 234 g/mol. The zero-order valence-electron chi connectivity index (χ0n) is 9.98. The number of carbonyl (C=O) groups is 1. The van der Waals surface area contributed by atoms with Gasteiger partial charge < -0.3 is 4.90 Å². The van der Waals surface area contributed by atoms with Crippen LogP contribution >= 0.6 is 0 Å². The highest BCUT2D eigenvalue weighted by atomic mass is 16.2. The van der Waals surface area contributed by atoms with E-state index >= 15 is 0 Å². The second-order valence-corrected chi connectivity index (χ2v) is 3.91. The van der Waals surface area contributed by atoms with Crippen LogP contribution in [0.3, 0.4) is 0 Å². The first-order valence-electron chi connectivity index (χ1n) is 5.21. The van der Waals surface area contributed by atoms with E-state index in [2.05, 4.69) is 25.4 Å². The summed E-state index contributed by atoms with van der Waals surface area (Å²) in [5.74, 6) is 1.23. The zero-order chi connectivity index (χ0) is 12.4. The second-order valence-electron chi connectivity index (χ2n) is 3.91. The van der Waals surface area contributed by atoms with E-state index in [0.29, 0.717) is 17.9 Å². The van der Waals surface area contributed by atoms with Gasteiger partial charge in [-0.25, -0.2) is 4.98 Å². The third kappa shape index (κ3) is 2.32. The number of aryl methyl sites for hydroxylation is 2. The van der Waals surface area contributed by atoms with Gasteiger partial charge in [-0.3, -0.25) is 15.0 Å². The predicted octanol–water partition coefficient (Wildman–Crippen LogP) is 0.417. The standard InChI is InChI=1S/C10H14N6O/c1-6-8(4-11-13-6)10(17)16(3)5-9-12-7(2)14-15-9/h4H,5H2,1-3H3,(H,11,13)(H,12,14,15). The maximum Gasteiger partial charge on any atom is 0.257 e. The third-order valence-corrected chi connectivity index (χ3v) is 2.43. The lowest BCUT2D eigenvalue weighted by Gasteiger charge is -2.14. The average Bonchev–Trinajstić information content (AvgIpc) is 2.86. The number of amides is 1. The maximum atomic E-state index is 12.0. The molecular formula is C10H14N6O. The highest BCUT2D eigenvalue weighted by Crippen LogP contribution is 2.08. The van der Waals surface area contributed by atoms with Gasteiger partial charge in [0.25, 0.3) is 5.91 Å². The van der Waals surface area contributed by atoms with Crippen LogP contribution in [0.15, 0.2) is 6.20 Å². The van der Waals surface area contributed by atoms with Crippen LogP contribution < -0.4 is 0 Å². The lowest BCUT2D eigenvalue weighted by Crippen LogP contribution is -2.27. The predicted molar refractivity (Wildman–Crippen MR) is 60.2 cm³/mol. The first-order chi connectivity index (χ1) is 8.08. The van der Waals surface area contributed by atoms with Gasteiger partial charge >= 0.3 is 0 Å². The van der Waals surface area contributed by atoms with Crippen LogP contribution in [0.25, 0.3) is 0 Å². The molecule has 0 radical (unpaired) electrons. The van der Waals surface area contributed by atoms with Crippen molar-refractivity contribution in [1.29, 1.82) is 0 Å². The SMILES string of the molecule is Cc1nc(CN(C)C(=O)c2cn[nH]c2C)n[nH]1. The molecule has 2 aromatic rings. The molecule has 7 nitrogen and oxygen atoms in total. The molecule has 2 N–H and O–H groups in total. The van der Waals surface area contributed by atoms with Crippen molar-refractivity contribution in [3.05, 3.63) is 29.1 Å². The summed E-state index contributed by atoms with van der Waals surface area (Å²) in [6.45, 7) is 4.00. The summed E-state index contributed by atoms with van der Waals surface area (Å²) in [5, 5.41) is 13.3. The van der Waals surface area contributed by atoms with Crippen LogP contribution in [0.2, 0.25) is 0 Å². The summed E-state index contributed by atoms with van der Waals surface area (Å²) < 4.78 is 0. The summed E-state index contributed by atoms with van der Waals surface area (Å²) in [5.41, 5.74) is 1.33. The molecule has 17 heavy (non-hydrogen) atoms. The Labute approximate surface area is 98.2 Å². The Bertz CT molecular complexity index is 528. The fourth-order valence-electron chi connectivity index (χ4n) is 1.52. The Hall–Kier alpha value is -2.18. The molecule has 0 aliphatic carbocycles. The van der Waals surface area contributed by atoms with Crippen molar-refractivity contribution >= 4 is 5.91 Å². The molecule has 2 aromatic heterocycles. The number of hydrogen-bond acceptors (Lipinski definition) is 4.